The van der Waals surface area contributed by atoms with E-state index >= 15 is 0 Å². The van der Waals surface area contributed by atoms with Gasteiger partial charge < -0.3 is 14.4 Å². The monoisotopic (exact) mass is 412 g/mol. The molecule has 1 aliphatic heterocycles. The molecule has 2 rings (SSSR count). The number of nitrogens with zero attached hydrogens (tertiary/aromatic N) is 1. The molecule has 0 aliphatic carbocycles. The number of sulfonamides is 1. The van der Waals surface area contributed by atoms with E-state index in [2.05, 4.69) is 4.72 Å². The largest absolute Gasteiger partial charge is 0.449 e. The normalized spacial score (nSPS) is 21.1. The Bertz CT molecular complexity index is 800. The third kappa shape index (κ3) is 6.20. The minimum atomic E-state index is -3.46. The Balaban J connectivity index is 2.02. The highest BCUT2D eigenvalue weighted by Gasteiger charge is 2.30. The molecule has 1 fully saturated rings. The molecule has 1 heterocycles. The number of morpholine rings is 1. The van der Waals surface area contributed by atoms with E-state index in [1.807, 2.05) is 13.8 Å². The van der Waals surface area contributed by atoms with Crippen LogP contribution >= 0.6 is 0 Å². The van der Waals surface area contributed by atoms with Crippen LogP contribution in [-0.4, -0.2) is 62.3 Å². The van der Waals surface area contributed by atoms with Crippen LogP contribution in [0.3, 0.4) is 0 Å². The molecule has 3 unspecified atom stereocenters. The van der Waals surface area contributed by atoms with Crippen LogP contribution in [0.15, 0.2) is 24.3 Å². The Morgan fingerprint density at radius 1 is 1.29 bits per heavy atom. The first-order valence-corrected chi connectivity index (χ1v) is 11.0. The average molecular weight is 413 g/mol. The Morgan fingerprint density at radius 2 is 1.93 bits per heavy atom. The molecule has 1 aliphatic rings. The number of hydrogen-bond donors (Lipinski definition) is 1. The van der Waals surface area contributed by atoms with Gasteiger partial charge in [0.25, 0.3) is 5.91 Å². The Morgan fingerprint density at radius 3 is 2.54 bits per heavy atom. The smallest absolute Gasteiger partial charge is 0.338 e. The second-order valence-electron chi connectivity index (χ2n) is 7.05. The topological polar surface area (TPSA) is 102 Å². The number of esters is 1. The molecule has 1 aromatic rings. The highest BCUT2D eigenvalue weighted by Crippen LogP contribution is 2.16. The number of nitrogens with one attached hydrogen (secondary N) is 1. The SMILES string of the molecule is CCCS(=O)(=O)Nc1cccc(C(=O)OC(C)C(=O)N2CC(C)OC(C)C2)c1. The fourth-order valence-electron chi connectivity index (χ4n) is 3.10. The Labute approximate surface area is 166 Å². The molecule has 1 saturated heterocycles. The van der Waals surface area contributed by atoms with Gasteiger partial charge in [-0.25, -0.2) is 13.2 Å². The fraction of sp³-hybridized carbons (Fsp3) is 0.579. The summed E-state index contributed by atoms with van der Waals surface area (Å²) < 4.78 is 37.1. The molecule has 3 atom stereocenters. The Kier molecular flexibility index (Phi) is 7.42. The zero-order chi connectivity index (χ0) is 20.9. The zero-order valence-corrected chi connectivity index (χ0v) is 17.5. The Hall–Kier alpha value is -2.13. The molecule has 0 aromatic heterocycles. The van der Waals surface area contributed by atoms with E-state index in [-0.39, 0.29) is 35.1 Å². The maximum Gasteiger partial charge on any atom is 0.338 e. The van der Waals surface area contributed by atoms with E-state index in [0.29, 0.717) is 19.5 Å². The van der Waals surface area contributed by atoms with Gasteiger partial charge in [0.2, 0.25) is 10.0 Å². The standard InChI is InChI=1S/C19H28N2O6S/c1-5-9-28(24,25)20-17-8-6-7-16(10-17)19(23)27-15(4)18(22)21-11-13(2)26-14(3)12-21/h6-8,10,13-15,20H,5,9,11-12H2,1-4H3. The number of ether oxygens (including phenoxy) is 2. The van der Waals surface area contributed by atoms with Crippen molar-refractivity contribution in [3.8, 4) is 0 Å². The molecule has 0 spiro atoms. The lowest BCUT2D eigenvalue weighted by molar-refractivity contribution is -0.151. The lowest BCUT2D eigenvalue weighted by Gasteiger charge is -2.36. The summed E-state index contributed by atoms with van der Waals surface area (Å²) in [7, 11) is -3.46. The van der Waals surface area contributed by atoms with Gasteiger partial charge in [0.15, 0.2) is 6.10 Å². The predicted octanol–water partition coefficient (Wildman–Crippen LogP) is 2.02. The van der Waals surface area contributed by atoms with Crippen molar-refractivity contribution < 1.29 is 27.5 Å². The van der Waals surface area contributed by atoms with Crippen LogP contribution < -0.4 is 4.72 Å². The van der Waals surface area contributed by atoms with Crippen molar-refractivity contribution in [1.82, 2.24) is 4.90 Å². The molecule has 0 bridgehead atoms. The van der Waals surface area contributed by atoms with Gasteiger partial charge in [-0.15, -0.1) is 0 Å². The van der Waals surface area contributed by atoms with Gasteiger partial charge in [-0.2, -0.15) is 0 Å². The fourth-order valence-corrected chi connectivity index (χ4v) is 4.23. The van der Waals surface area contributed by atoms with Crippen LogP contribution in [0.25, 0.3) is 0 Å². The van der Waals surface area contributed by atoms with Gasteiger partial charge in [0, 0.05) is 18.8 Å². The van der Waals surface area contributed by atoms with Gasteiger partial charge in [-0.1, -0.05) is 13.0 Å². The molecule has 1 N–H and O–H groups in total. The number of carbonyl (C=O) groups excluding carboxylic acids is 2. The number of benzene rings is 1. The zero-order valence-electron chi connectivity index (χ0n) is 16.7. The molecule has 8 nitrogen and oxygen atoms in total. The maximum absolute atomic E-state index is 12.6. The van der Waals surface area contributed by atoms with Gasteiger partial charge in [-0.3, -0.25) is 9.52 Å². The van der Waals surface area contributed by atoms with Gasteiger partial charge in [-0.05, 0) is 45.4 Å². The van der Waals surface area contributed by atoms with E-state index in [1.165, 1.54) is 19.1 Å². The molecule has 0 saturated carbocycles. The minimum absolute atomic E-state index is 0.0103. The summed E-state index contributed by atoms with van der Waals surface area (Å²) in [4.78, 5) is 26.6. The van der Waals surface area contributed by atoms with Crippen molar-refractivity contribution in [3.05, 3.63) is 29.8 Å². The third-order valence-corrected chi connectivity index (χ3v) is 5.70. The predicted molar refractivity (Wildman–Crippen MR) is 106 cm³/mol. The van der Waals surface area contributed by atoms with E-state index < -0.39 is 22.1 Å². The summed E-state index contributed by atoms with van der Waals surface area (Å²) in [6.07, 6.45) is -0.632. The van der Waals surface area contributed by atoms with Crippen LogP contribution in [0.1, 0.15) is 44.5 Å². The van der Waals surface area contributed by atoms with Crippen molar-refractivity contribution in [2.45, 2.75) is 52.4 Å². The molecule has 28 heavy (non-hydrogen) atoms. The second kappa shape index (κ2) is 9.38. The van der Waals surface area contributed by atoms with Crippen LogP contribution in [0, 0.1) is 0 Å². The molecule has 1 amide bonds. The van der Waals surface area contributed by atoms with E-state index in [4.69, 9.17) is 9.47 Å². The maximum atomic E-state index is 12.6. The van der Waals surface area contributed by atoms with Crippen LogP contribution in [0.4, 0.5) is 5.69 Å². The lowest BCUT2D eigenvalue weighted by Crippen LogP contribution is -2.51. The van der Waals surface area contributed by atoms with E-state index in [0.717, 1.165) is 0 Å². The molecule has 156 valence electrons. The van der Waals surface area contributed by atoms with Crippen molar-refractivity contribution in [2.75, 3.05) is 23.6 Å². The first kappa shape index (κ1) is 22.2. The third-order valence-electron chi connectivity index (χ3n) is 4.21. The summed E-state index contributed by atoms with van der Waals surface area (Å²) in [6.45, 7) is 7.95. The van der Waals surface area contributed by atoms with E-state index in [1.54, 1.807) is 24.0 Å². The first-order valence-electron chi connectivity index (χ1n) is 9.37. The van der Waals surface area contributed by atoms with Crippen LogP contribution in [-0.2, 0) is 24.3 Å². The first-order chi connectivity index (χ1) is 13.1. The molecule has 9 heteroatoms. The summed E-state index contributed by atoms with van der Waals surface area (Å²) >= 11 is 0. The van der Waals surface area contributed by atoms with Gasteiger partial charge in [0.1, 0.15) is 0 Å². The molecular weight excluding hydrogens is 384 g/mol. The van der Waals surface area contributed by atoms with Crippen LogP contribution in [0.5, 0.6) is 0 Å². The summed E-state index contributed by atoms with van der Waals surface area (Å²) in [5.74, 6) is -0.981. The number of amides is 1. The van der Waals surface area contributed by atoms with Crippen LogP contribution in [0.2, 0.25) is 0 Å². The summed E-state index contributed by atoms with van der Waals surface area (Å²) in [5.41, 5.74) is 0.442. The number of hydrogen-bond acceptors (Lipinski definition) is 6. The number of carbonyl (C=O) groups is 2. The summed E-state index contributed by atoms with van der Waals surface area (Å²) in [6, 6.07) is 6.01. The van der Waals surface area contributed by atoms with Gasteiger partial charge in [0.05, 0.1) is 23.5 Å². The minimum Gasteiger partial charge on any atom is -0.449 e. The van der Waals surface area contributed by atoms with Crippen molar-refractivity contribution >= 4 is 27.6 Å². The van der Waals surface area contributed by atoms with Crippen molar-refractivity contribution in [1.29, 1.82) is 0 Å². The number of anilines is 1. The molecule has 1 aromatic carbocycles. The highest BCUT2D eigenvalue weighted by molar-refractivity contribution is 7.92. The lowest BCUT2D eigenvalue weighted by atomic mass is 10.2. The van der Waals surface area contributed by atoms with Gasteiger partial charge >= 0.3 is 5.97 Å². The highest BCUT2D eigenvalue weighted by atomic mass is 32.2. The van der Waals surface area contributed by atoms with Crippen molar-refractivity contribution in [2.24, 2.45) is 0 Å². The molecule has 0 radical (unpaired) electrons. The summed E-state index contributed by atoms with van der Waals surface area (Å²) in [5, 5.41) is 0. The van der Waals surface area contributed by atoms with Crippen molar-refractivity contribution in [3.63, 3.8) is 0 Å². The molecular formula is C19H28N2O6S. The van der Waals surface area contributed by atoms with E-state index in [9.17, 15) is 18.0 Å². The average Bonchev–Trinajstić information content (AvgIpc) is 2.59. The quantitative estimate of drug-likeness (QED) is 0.688. The second-order valence-corrected chi connectivity index (χ2v) is 8.89. The number of rotatable bonds is 7.